The molecule has 0 saturated heterocycles. The van der Waals surface area contributed by atoms with Gasteiger partial charge < -0.3 is 4.74 Å². The van der Waals surface area contributed by atoms with E-state index in [1.807, 2.05) is 0 Å². The summed E-state index contributed by atoms with van der Waals surface area (Å²) in [4.78, 5) is 0. The molecule has 0 aromatic carbocycles. The number of nitrogens with one attached hydrogen (secondary N) is 1. The van der Waals surface area contributed by atoms with Crippen LogP contribution in [0.25, 0.3) is 0 Å². The molecule has 3 heteroatoms. The number of hydrogen-bond donors (Lipinski definition) is 2. The molecule has 0 aromatic heterocycles. The van der Waals surface area contributed by atoms with Crippen molar-refractivity contribution in [3.8, 4) is 0 Å². The largest absolute Gasteiger partial charge is 0.384 e. The number of hydrazine groups is 1. The lowest BCUT2D eigenvalue weighted by Gasteiger charge is -2.19. The predicted molar refractivity (Wildman–Crippen MR) is 58.7 cm³/mol. The average Bonchev–Trinajstić information content (AvgIpc) is 2.96. The summed E-state index contributed by atoms with van der Waals surface area (Å²) in [6.45, 7) is 3.05. The SMILES string of the molecule is COCC(C)CC(CCC1CC1)NN. The highest BCUT2D eigenvalue weighted by molar-refractivity contribution is 4.76. The Morgan fingerprint density at radius 1 is 1.50 bits per heavy atom. The van der Waals surface area contributed by atoms with Crippen LogP contribution in [0.5, 0.6) is 0 Å². The van der Waals surface area contributed by atoms with Gasteiger partial charge in [-0.3, -0.25) is 11.3 Å². The number of hydrogen-bond acceptors (Lipinski definition) is 3. The Morgan fingerprint density at radius 2 is 2.21 bits per heavy atom. The fourth-order valence-electron chi connectivity index (χ4n) is 1.95. The first kappa shape index (κ1) is 12.0. The van der Waals surface area contributed by atoms with Gasteiger partial charge in [-0.2, -0.15) is 0 Å². The third-order valence-corrected chi connectivity index (χ3v) is 2.99. The van der Waals surface area contributed by atoms with E-state index in [1.54, 1.807) is 7.11 Å². The van der Waals surface area contributed by atoms with Crippen LogP contribution in [0.2, 0.25) is 0 Å². The summed E-state index contributed by atoms with van der Waals surface area (Å²) in [6, 6.07) is 0.473. The summed E-state index contributed by atoms with van der Waals surface area (Å²) in [5.41, 5.74) is 2.92. The van der Waals surface area contributed by atoms with Gasteiger partial charge in [-0.25, -0.2) is 0 Å². The van der Waals surface area contributed by atoms with Gasteiger partial charge in [-0.15, -0.1) is 0 Å². The first-order chi connectivity index (χ1) is 6.76. The van der Waals surface area contributed by atoms with Crippen LogP contribution in [0.15, 0.2) is 0 Å². The Labute approximate surface area is 87.4 Å². The maximum Gasteiger partial charge on any atom is 0.0488 e. The third-order valence-electron chi connectivity index (χ3n) is 2.99. The molecule has 14 heavy (non-hydrogen) atoms. The van der Waals surface area contributed by atoms with E-state index in [2.05, 4.69) is 12.3 Å². The van der Waals surface area contributed by atoms with Gasteiger partial charge in [0.15, 0.2) is 0 Å². The Hall–Kier alpha value is -0.120. The molecular weight excluding hydrogens is 176 g/mol. The molecule has 1 saturated carbocycles. The van der Waals surface area contributed by atoms with E-state index < -0.39 is 0 Å². The molecule has 1 fully saturated rings. The standard InChI is InChI=1S/C11H24N2O/c1-9(8-14-2)7-11(13-12)6-5-10-3-4-10/h9-11,13H,3-8,12H2,1-2H3. The molecule has 2 unspecified atom stereocenters. The maximum atomic E-state index is 5.53. The summed E-state index contributed by atoms with van der Waals surface area (Å²) >= 11 is 0. The van der Waals surface area contributed by atoms with E-state index in [0.717, 1.165) is 18.9 Å². The van der Waals surface area contributed by atoms with Crippen molar-refractivity contribution in [2.75, 3.05) is 13.7 Å². The van der Waals surface area contributed by atoms with Gasteiger partial charge in [0.25, 0.3) is 0 Å². The van der Waals surface area contributed by atoms with Gasteiger partial charge in [0, 0.05) is 19.8 Å². The van der Waals surface area contributed by atoms with Gasteiger partial charge in [0.05, 0.1) is 0 Å². The van der Waals surface area contributed by atoms with Crippen LogP contribution in [0, 0.1) is 11.8 Å². The second kappa shape index (κ2) is 6.38. The van der Waals surface area contributed by atoms with Crippen molar-refractivity contribution in [1.82, 2.24) is 5.43 Å². The fourth-order valence-corrected chi connectivity index (χ4v) is 1.95. The van der Waals surface area contributed by atoms with Crippen LogP contribution in [0.3, 0.4) is 0 Å². The molecule has 0 heterocycles. The quantitative estimate of drug-likeness (QED) is 0.463. The van der Waals surface area contributed by atoms with Gasteiger partial charge in [0.1, 0.15) is 0 Å². The van der Waals surface area contributed by atoms with Gasteiger partial charge >= 0.3 is 0 Å². The van der Waals surface area contributed by atoms with Gasteiger partial charge in [-0.05, 0) is 31.1 Å². The highest BCUT2D eigenvalue weighted by Crippen LogP contribution is 2.34. The molecular formula is C11H24N2O. The zero-order valence-corrected chi connectivity index (χ0v) is 9.46. The molecule has 0 radical (unpaired) electrons. The normalized spacial score (nSPS) is 20.8. The zero-order chi connectivity index (χ0) is 10.4. The zero-order valence-electron chi connectivity index (χ0n) is 9.46. The lowest BCUT2D eigenvalue weighted by Crippen LogP contribution is -2.36. The molecule has 0 aliphatic heterocycles. The van der Waals surface area contributed by atoms with Crippen molar-refractivity contribution < 1.29 is 4.74 Å². The van der Waals surface area contributed by atoms with Crippen molar-refractivity contribution >= 4 is 0 Å². The molecule has 0 aromatic rings. The van der Waals surface area contributed by atoms with E-state index in [0.29, 0.717) is 12.0 Å². The summed E-state index contributed by atoms with van der Waals surface area (Å²) in [6.07, 6.45) is 6.55. The molecule has 3 N–H and O–H groups in total. The Balaban J connectivity index is 2.08. The molecule has 1 aliphatic carbocycles. The molecule has 1 aliphatic rings. The number of rotatable bonds is 8. The molecule has 2 atom stereocenters. The molecule has 0 spiro atoms. The molecule has 0 amide bonds. The lowest BCUT2D eigenvalue weighted by atomic mass is 9.98. The summed E-state index contributed by atoms with van der Waals surface area (Å²) in [5.74, 6) is 7.13. The number of ether oxygens (including phenoxy) is 1. The van der Waals surface area contributed by atoms with Gasteiger partial charge in [0.2, 0.25) is 0 Å². The van der Waals surface area contributed by atoms with Crippen LogP contribution in [-0.4, -0.2) is 19.8 Å². The lowest BCUT2D eigenvalue weighted by molar-refractivity contribution is 0.148. The Morgan fingerprint density at radius 3 is 2.71 bits per heavy atom. The highest BCUT2D eigenvalue weighted by atomic mass is 16.5. The van der Waals surface area contributed by atoms with E-state index >= 15 is 0 Å². The summed E-state index contributed by atoms with van der Waals surface area (Å²) in [5, 5.41) is 0. The molecule has 1 rings (SSSR count). The van der Waals surface area contributed by atoms with E-state index in [-0.39, 0.29) is 0 Å². The maximum absolute atomic E-state index is 5.53. The number of methoxy groups -OCH3 is 1. The van der Waals surface area contributed by atoms with Crippen LogP contribution in [-0.2, 0) is 4.74 Å². The van der Waals surface area contributed by atoms with Crippen molar-refractivity contribution in [2.24, 2.45) is 17.7 Å². The summed E-state index contributed by atoms with van der Waals surface area (Å²) in [7, 11) is 1.76. The average molecular weight is 200 g/mol. The van der Waals surface area contributed by atoms with Crippen LogP contribution in [0.4, 0.5) is 0 Å². The Kier molecular flexibility index (Phi) is 5.45. The van der Waals surface area contributed by atoms with Crippen molar-refractivity contribution in [2.45, 2.75) is 45.1 Å². The van der Waals surface area contributed by atoms with E-state index in [4.69, 9.17) is 10.6 Å². The topological polar surface area (TPSA) is 47.3 Å². The molecule has 84 valence electrons. The highest BCUT2D eigenvalue weighted by Gasteiger charge is 2.22. The monoisotopic (exact) mass is 200 g/mol. The first-order valence-corrected chi connectivity index (χ1v) is 5.71. The van der Waals surface area contributed by atoms with E-state index in [9.17, 15) is 0 Å². The minimum Gasteiger partial charge on any atom is -0.384 e. The van der Waals surface area contributed by atoms with Gasteiger partial charge in [-0.1, -0.05) is 19.8 Å². The van der Waals surface area contributed by atoms with Crippen LogP contribution >= 0.6 is 0 Å². The minimum absolute atomic E-state index is 0.473. The summed E-state index contributed by atoms with van der Waals surface area (Å²) < 4.78 is 5.12. The second-order valence-electron chi connectivity index (χ2n) is 4.68. The predicted octanol–water partition coefficient (Wildman–Crippen LogP) is 1.68. The molecule has 3 nitrogen and oxygen atoms in total. The first-order valence-electron chi connectivity index (χ1n) is 5.71. The van der Waals surface area contributed by atoms with Crippen molar-refractivity contribution in [1.29, 1.82) is 0 Å². The van der Waals surface area contributed by atoms with Crippen molar-refractivity contribution in [3.05, 3.63) is 0 Å². The second-order valence-corrected chi connectivity index (χ2v) is 4.68. The molecule has 0 bridgehead atoms. The van der Waals surface area contributed by atoms with E-state index in [1.165, 1.54) is 25.7 Å². The number of nitrogens with two attached hydrogens (primary N) is 1. The van der Waals surface area contributed by atoms with Crippen molar-refractivity contribution in [3.63, 3.8) is 0 Å². The van der Waals surface area contributed by atoms with Crippen LogP contribution < -0.4 is 11.3 Å². The third kappa shape index (κ3) is 4.94. The minimum atomic E-state index is 0.473. The van der Waals surface area contributed by atoms with Crippen LogP contribution in [0.1, 0.15) is 39.0 Å². The fraction of sp³-hybridized carbons (Fsp3) is 1.00. The smallest absolute Gasteiger partial charge is 0.0488 e. The Bertz CT molecular complexity index is 148.